The number of hydrogen-bond acceptors (Lipinski definition) is 4. The van der Waals surface area contributed by atoms with Gasteiger partial charge < -0.3 is 19.7 Å². The Hall–Kier alpha value is -1.89. The SMILES string of the molecule is Cn1ccnc1[C@H]1OCC[C@@H]1NC(=O)[C@@H]1[C@H](C(=O)O)C1(C)C. The van der Waals surface area contributed by atoms with Crippen LogP contribution in [-0.2, 0) is 21.4 Å². The molecule has 3 rings (SSSR count). The molecule has 120 valence electrons. The fourth-order valence-electron chi connectivity index (χ4n) is 3.50. The number of carbonyl (C=O) groups is 2. The monoisotopic (exact) mass is 307 g/mol. The van der Waals surface area contributed by atoms with Crippen molar-refractivity contribution in [2.24, 2.45) is 24.3 Å². The number of nitrogens with one attached hydrogen (secondary N) is 1. The van der Waals surface area contributed by atoms with Crippen LogP contribution in [0, 0.1) is 17.3 Å². The van der Waals surface area contributed by atoms with Gasteiger partial charge in [-0.25, -0.2) is 4.98 Å². The summed E-state index contributed by atoms with van der Waals surface area (Å²) in [5.74, 6) is -1.43. The highest BCUT2D eigenvalue weighted by molar-refractivity contribution is 5.91. The highest BCUT2D eigenvalue weighted by Crippen LogP contribution is 2.58. The van der Waals surface area contributed by atoms with E-state index < -0.39 is 23.2 Å². The number of aryl methyl sites for hydroxylation is 1. The first-order valence-corrected chi connectivity index (χ1v) is 7.46. The van der Waals surface area contributed by atoms with Crippen LogP contribution in [0.15, 0.2) is 12.4 Å². The third-order valence-corrected chi connectivity index (χ3v) is 4.91. The molecule has 1 aromatic rings. The number of amides is 1. The van der Waals surface area contributed by atoms with Gasteiger partial charge in [0.05, 0.1) is 17.9 Å². The molecule has 1 amide bonds. The summed E-state index contributed by atoms with van der Waals surface area (Å²) in [5.41, 5.74) is -0.492. The molecule has 1 saturated carbocycles. The lowest BCUT2D eigenvalue weighted by Gasteiger charge is -2.20. The first-order valence-electron chi connectivity index (χ1n) is 7.46. The number of rotatable bonds is 4. The Kier molecular flexibility index (Phi) is 3.47. The topological polar surface area (TPSA) is 93.5 Å². The third-order valence-electron chi connectivity index (χ3n) is 4.91. The van der Waals surface area contributed by atoms with E-state index in [-0.39, 0.29) is 18.1 Å². The maximum absolute atomic E-state index is 12.4. The molecular weight excluding hydrogens is 286 g/mol. The van der Waals surface area contributed by atoms with Crippen LogP contribution in [0.4, 0.5) is 0 Å². The number of nitrogens with zero attached hydrogens (tertiary/aromatic N) is 2. The zero-order chi connectivity index (χ0) is 16.1. The second-order valence-corrected chi connectivity index (χ2v) is 6.71. The van der Waals surface area contributed by atoms with E-state index in [4.69, 9.17) is 4.74 Å². The zero-order valence-corrected chi connectivity index (χ0v) is 12.9. The maximum atomic E-state index is 12.4. The van der Waals surface area contributed by atoms with E-state index in [1.807, 2.05) is 31.7 Å². The minimum atomic E-state index is -0.909. The molecule has 4 atom stereocenters. The summed E-state index contributed by atoms with van der Waals surface area (Å²) in [7, 11) is 1.88. The number of aliphatic carboxylic acids is 1. The van der Waals surface area contributed by atoms with Crippen molar-refractivity contribution in [3.8, 4) is 0 Å². The number of carbonyl (C=O) groups excluding carboxylic acids is 1. The highest BCUT2D eigenvalue weighted by Gasteiger charge is 2.66. The van der Waals surface area contributed by atoms with Crippen LogP contribution in [0.3, 0.4) is 0 Å². The molecule has 7 heteroatoms. The molecule has 0 unspecified atom stereocenters. The second-order valence-electron chi connectivity index (χ2n) is 6.71. The van der Waals surface area contributed by atoms with Crippen molar-refractivity contribution in [3.05, 3.63) is 18.2 Å². The fraction of sp³-hybridized carbons (Fsp3) is 0.667. The van der Waals surface area contributed by atoms with Gasteiger partial charge in [-0.1, -0.05) is 13.8 Å². The molecule has 0 radical (unpaired) electrons. The summed E-state index contributed by atoms with van der Waals surface area (Å²) in [4.78, 5) is 27.9. The van der Waals surface area contributed by atoms with E-state index >= 15 is 0 Å². The largest absolute Gasteiger partial charge is 0.481 e. The van der Waals surface area contributed by atoms with Crippen LogP contribution >= 0.6 is 0 Å². The molecule has 2 fully saturated rings. The molecule has 7 nitrogen and oxygen atoms in total. The van der Waals surface area contributed by atoms with Crippen LogP contribution in [0.25, 0.3) is 0 Å². The lowest BCUT2D eigenvalue weighted by Crippen LogP contribution is -2.39. The van der Waals surface area contributed by atoms with Crippen molar-refractivity contribution in [2.45, 2.75) is 32.4 Å². The van der Waals surface area contributed by atoms with E-state index in [1.165, 1.54) is 0 Å². The summed E-state index contributed by atoms with van der Waals surface area (Å²) < 4.78 is 7.57. The van der Waals surface area contributed by atoms with E-state index in [0.29, 0.717) is 13.0 Å². The minimum Gasteiger partial charge on any atom is -0.481 e. The van der Waals surface area contributed by atoms with Gasteiger partial charge in [0.15, 0.2) is 0 Å². The molecule has 2 N–H and O–H groups in total. The van der Waals surface area contributed by atoms with Crippen molar-refractivity contribution in [1.29, 1.82) is 0 Å². The first-order chi connectivity index (χ1) is 10.3. The third kappa shape index (κ3) is 2.29. The molecule has 1 aromatic heterocycles. The number of imidazole rings is 1. The number of carboxylic acids is 1. The Labute approximate surface area is 128 Å². The Morgan fingerprint density at radius 1 is 1.45 bits per heavy atom. The predicted molar refractivity (Wildman–Crippen MR) is 76.8 cm³/mol. The molecule has 2 aliphatic rings. The van der Waals surface area contributed by atoms with Crippen molar-refractivity contribution in [1.82, 2.24) is 14.9 Å². The van der Waals surface area contributed by atoms with E-state index in [2.05, 4.69) is 10.3 Å². The van der Waals surface area contributed by atoms with Crippen LogP contribution in [0.1, 0.15) is 32.2 Å². The van der Waals surface area contributed by atoms with Gasteiger partial charge in [0.25, 0.3) is 0 Å². The highest BCUT2D eigenvalue weighted by atomic mass is 16.5. The summed E-state index contributed by atoms with van der Waals surface area (Å²) >= 11 is 0. The van der Waals surface area contributed by atoms with Gasteiger partial charge in [-0.2, -0.15) is 0 Å². The number of hydrogen-bond donors (Lipinski definition) is 2. The molecule has 0 aromatic carbocycles. The summed E-state index contributed by atoms with van der Waals surface area (Å²) in [6.45, 7) is 4.19. The van der Waals surface area contributed by atoms with Gasteiger partial charge in [-0.15, -0.1) is 0 Å². The molecule has 2 heterocycles. The smallest absolute Gasteiger partial charge is 0.307 e. The Morgan fingerprint density at radius 2 is 2.18 bits per heavy atom. The molecular formula is C15H21N3O4. The van der Waals surface area contributed by atoms with Crippen LogP contribution in [0.5, 0.6) is 0 Å². The van der Waals surface area contributed by atoms with Gasteiger partial charge in [0, 0.05) is 26.0 Å². The molecule has 1 aliphatic carbocycles. The Balaban J connectivity index is 1.69. The van der Waals surface area contributed by atoms with E-state index in [0.717, 1.165) is 5.82 Å². The lowest BCUT2D eigenvalue weighted by molar-refractivity contribution is -0.140. The van der Waals surface area contributed by atoms with Gasteiger partial charge in [-0.3, -0.25) is 9.59 Å². The molecule has 0 spiro atoms. The normalized spacial score (nSPS) is 32.7. The summed E-state index contributed by atoms with van der Waals surface area (Å²) in [6.07, 6.45) is 3.95. The predicted octanol–water partition coefficient (Wildman–Crippen LogP) is 0.723. The fourth-order valence-corrected chi connectivity index (χ4v) is 3.50. The summed E-state index contributed by atoms with van der Waals surface area (Å²) in [6, 6.07) is -0.167. The van der Waals surface area contributed by atoms with E-state index in [1.54, 1.807) is 6.20 Å². The maximum Gasteiger partial charge on any atom is 0.307 e. The zero-order valence-electron chi connectivity index (χ0n) is 12.9. The van der Waals surface area contributed by atoms with Crippen LogP contribution in [0.2, 0.25) is 0 Å². The van der Waals surface area contributed by atoms with Crippen molar-refractivity contribution in [2.75, 3.05) is 6.61 Å². The van der Waals surface area contributed by atoms with Crippen molar-refractivity contribution < 1.29 is 19.4 Å². The van der Waals surface area contributed by atoms with Crippen molar-refractivity contribution >= 4 is 11.9 Å². The number of carboxylic acid groups (broad SMARTS) is 1. The lowest BCUT2D eigenvalue weighted by atomic mass is 10.1. The second kappa shape index (κ2) is 5.08. The van der Waals surface area contributed by atoms with E-state index in [9.17, 15) is 14.7 Å². The van der Waals surface area contributed by atoms with Crippen LogP contribution < -0.4 is 5.32 Å². The Bertz CT molecular complexity index is 610. The average molecular weight is 307 g/mol. The molecule has 0 bridgehead atoms. The molecule has 1 saturated heterocycles. The number of aromatic nitrogens is 2. The van der Waals surface area contributed by atoms with Gasteiger partial charge in [-0.05, 0) is 11.8 Å². The quantitative estimate of drug-likeness (QED) is 0.855. The summed E-state index contributed by atoms with van der Waals surface area (Å²) in [5, 5.41) is 12.2. The van der Waals surface area contributed by atoms with Gasteiger partial charge in [0.2, 0.25) is 5.91 Å². The number of ether oxygens (including phenoxy) is 1. The molecule has 1 aliphatic heterocycles. The standard InChI is InChI=1S/C15H21N3O4/c1-15(2)9(10(15)14(20)21)13(19)17-8-4-7-22-11(8)12-16-5-6-18(12)3/h5-6,8-11H,4,7H2,1-3H3,(H,17,19)(H,20,21)/t8-,9-,10+,11-/m0/s1. The van der Waals surface area contributed by atoms with Crippen molar-refractivity contribution in [3.63, 3.8) is 0 Å². The Morgan fingerprint density at radius 3 is 2.73 bits per heavy atom. The minimum absolute atomic E-state index is 0.167. The van der Waals surface area contributed by atoms with Gasteiger partial charge >= 0.3 is 5.97 Å². The first kappa shape index (κ1) is 15.0. The van der Waals surface area contributed by atoms with Gasteiger partial charge in [0.1, 0.15) is 11.9 Å². The van der Waals surface area contributed by atoms with Crippen LogP contribution in [-0.4, -0.2) is 39.2 Å². The molecule has 22 heavy (non-hydrogen) atoms. The average Bonchev–Trinajstić information content (AvgIpc) is 2.79.